The molecule has 0 aliphatic carbocycles. The fraction of sp³-hybridized carbons (Fsp3) is 0.529. The van der Waals surface area contributed by atoms with Crippen LogP contribution in [0.4, 0.5) is 5.13 Å². The highest BCUT2D eigenvalue weighted by molar-refractivity contribution is 7.15. The normalized spacial score (nSPS) is 15.9. The molecule has 0 aromatic carbocycles. The average molecular weight is 424 g/mol. The van der Waals surface area contributed by atoms with Gasteiger partial charge in [0.05, 0.1) is 30.5 Å². The standard InChI is InChI=1S/C16H22N6O3S.CH2O2/c1-9(2)15-20-21-16(26-15)22-7-10(4-13(22)23)14(24)17-6-11-5-12(8-25-3)19-18-11;2-1-3/h5,9-10H,4,6-8H2,1-3H3,(H,17,24)(H,18,19);1H,(H,2,3). The van der Waals surface area contributed by atoms with Gasteiger partial charge in [-0.1, -0.05) is 25.2 Å². The van der Waals surface area contributed by atoms with E-state index in [1.807, 2.05) is 19.9 Å². The number of anilines is 1. The highest BCUT2D eigenvalue weighted by Crippen LogP contribution is 2.30. The van der Waals surface area contributed by atoms with E-state index in [4.69, 9.17) is 14.6 Å². The highest BCUT2D eigenvalue weighted by atomic mass is 32.1. The summed E-state index contributed by atoms with van der Waals surface area (Å²) in [6.45, 7) is 4.88. The van der Waals surface area contributed by atoms with Crippen molar-refractivity contribution in [1.82, 2.24) is 25.7 Å². The maximum absolute atomic E-state index is 12.4. The lowest BCUT2D eigenvalue weighted by Gasteiger charge is -2.12. The zero-order valence-corrected chi connectivity index (χ0v) is 17.2. The van der Waals surface area contributed by atoms with Gasteiger partial charge in [-0.2, -0.15) is 5.10 Å². The van der Waals surface area contributed by atoms with E-state index in [1.165, 1.54) is 11.3 Å². The summed E-state index contributed by atoms with van der Waals surface area (Å²) in [4.78, 5) is 34.6. The summed E-state index contributed by atoms with van der Waals surface area (Å²) in [7, 11) is 1.60. The van der Waals surface area contributed by atoms with Gasteiger partial charge in [-0.05, 0) is 6.07 Å². The number of carbonyl (C=O) groups is 3. The van der Waals surface area contributed by atoms with E-state index < -0.39 is 5.92 Å². The van der Waals surface area contributed by atoms with Crippen molar-refractivity contribution >= 4 is 34.8 Å². The Labute approximate surface area is 171 Å². The van der Waals surface area contributed by atoms with E-state index in [-0.39, 0.29) is 30.6 Å². The molecule has 2 amide bonds. The third-order valence-electron chi connectivity index (χ3n) is 4.08. The fourth-order valence-corrected chi connectivity index (χ4v) is 3.56. The second-order valence-electron chi connectivity index (χ2n) is 6.62. The van der Waals surface area contributed by atoms with Crippen LogP contribution in [-0.2, 0) is 32.3 Å². The SMILES string of the molecule is COCc1cc(CNC(=O)C2CC(=O)N(c3nnc(C(C)C)s3)C2)[nH]n1.O=CO. The summed E-state index contributed by atoms with van der Waals surface area (Å²) in [6.07, 6.45) is 0.181. The number of aromatic amines is 1. The molecule has 29 heavy (non-hydrogen) atoms. The summed E-state index contributed by atoms with van der Waals surface area (Å²) >= 11 is 1.40. The van der Waals surface area contributed by atoms with E-state index in [0.29, 0.717) is 24.8 Å². The minimum absolute atomic E-state index is 0.0967. The molecule has 0 radical (unpaired) electrons. The Morgan fingerprint density at radius 3 is 2.86 bits per heavy atom. The number of hydrogen-bond acceptors (Lipinski definition) is 8. The molecule has 3 N–H and O–H groups in total. The molecule has 1 unspecified atom stereocenters. The second-order valence-corrected chi connectivity index (χ2v) is 7.61. The van der Waals surface area contributed by atoms with E-state index in [9.17, 15) is 9.59 Å². The third-order valence-corrected chi connectivity index (χ3v) is 5.33. The Morgan fingerprint density at radius 1 is 1.52 bits per heavy atom. The average Bonchev–Trinajstić information content (AvgIpc) is 3.40. The van der Waals surface area contributed by atoms with Crippen LogP contribution in [0.2, 0.25) is 0 Å². The van der Waals surface area contributed by atoms with Crippen LogP contribution in [0.3, 0.4) is 0 Å². The second kappa shape index (κ2) is 10.6. The van der Waals surface area contributed by atoms with Gasteiger partial charge in [-0.25, -0.2) is 0 Å². The van der Waals surface area contributed by atoms with Gasteiger partial charge < -0.3 is 15.2 Å². The summed E-state index contributed by atoms with van der Waals surface area (Å²) < 4.78 is 5.01. The van der Waals surface area contributed by atoms with Crippen LogP contribution < -0.4 is 10.2 Å². The van der Waals surface area contributed by atoms with Crippen molar-refractivity contribution in [3.63, 3.8) is 0 Å². The summed E-state index contributed by atoms with van der Waals surface area (Å²) in [5.41, 5.74) is 1.56. The molecule has 1 aliphatic rings. The smallest absolute Gasteiger partial charge is 0.290 e. The maximum atomic E-state index is 12.4. The quantitative estimate of drug-likeness (QED) is 0.555. The van der Waals surface area contributed by atoms with Crippen molar-refractivity contribution in [3.05, 3.63) is 22.5 Å². The summed E-state index contributed by atoms with van der Waals surface area (Å²) in [5.74, 6) is -0.386. The predicted octanol–water partition coefficient (Wildman–Crippen LogP) is 0.901. The van der Waals surface area contributed by atoms with Crippen molar-refractivity contribution in [2.24, 2.45) is 5.92 Å². The zero-order chi connectivity index (χ0) is 21.4. The van der Waals surface area contributed by atoms with Gasteiger partial charge in [0.1, 0.15) is 5.01 Å². The molecule has 0 spiro atoms. The van der Waals surface area contributed by atoms with Crippen LogP contribution >= 0.6 is 11.3 Å². The maximum Gasteiger partial charge on any atom is 0.290 e. The molecule has 2 aromatic heterocycles. The van der Waals surface area contributed by atoms with E-state index in [1.54, 1.807) is 12.0 Å². The highest BCUT2D eigenvalue weighted by Gasteiger charge is 2.36. The van der Waals surface area contributed by atoms with Gasteiger partial charge in [-0.15, -0.1) is 10.2 Å². The topological polar surface area (TPSA) is 150 Å². The number of aromatic nitrogens is 4. The van der Waals surface area contributed by atoms with Crippen molar-refractivity contribution < 1.29 is 24.2 Å². The van der Waals surface area contributed by atoms with Crippen LogP contribution in [-0.4, -0.2) is 57.4 Å². The molecule has 158 valence electrons. The van der Waals surface area contributed by atoms with Crippen molar-refractivity contribution in [2.45, 2.75) is 39.3 Å². The Bertz CT molecular complexity index is 836. The van der Waals surface area contributed by atoms with Gasteiger partial charge in [0.25, 0.3) is 6.47 Å². The molecule has 0 bridgehead atoms. The number of hydrogen-bond donors (Lipinski definition) is 3. The fourth-order valence-electron chi connectivity index (χ4n) is 2.69. The van der Waals surface area contributed by atoms with Crippen LogP contribution in [0.1, 0.15) is 42.6 Å². The number of methoxy groups -OCH3 is 1. The first-order chi connectivity index (χ1) is 13.9. The van der Waals surface area contributed by atoms with Gasteiger partial charge in [0, 0.05) is 26.0 Å². The van der Waals surface area contributed by atoms with Crippen LogP contribution in [0.15, 0.2) is 6.07 Å². The zero-order valence-electron chi connectivity index (χ0n) is 16.4. The number of nitrogens with zero attached hydrogens (tertiary/aromatic N) is 4. The largest absolute Gasteiger partial charge is 0.483 e. The summed E-state index contributed by atoms with van der Waals surface area (Å²) in [6, 6.07) is 1.84. The number of carboxylic acid groups (broad SMARTS) is 1. The Hall–Kier alpha value is -2.86. The predicted molar refractivity (Wildman–Crippen MR) is 104 cm³/mol. The lowest BCUT2D eigenvalue weighted by atomic mass is 10.1. The van der Waals surface area contributed by atoms with Gasteiger partial charge in [0.2, 0.25) is 16.9 Å². The van der Waals surface area contributed by atoms with Crippen LogP contribution in [0.25, 0.3) is 0 Å². The van der Waals surface area contributed by atoms with E-state index in [2.05, 4.69) is 25.7 Å². The number of rotatable bonds is 7. The number of ether oxygens (including phenoxy) is 1. The van der Waals surface area contributed by atoms with E-state index >= 15 is 0 Å². The third kappa shape index (κ3) is 6.06. The van der Waals surface area contributed by atoms with Gasteiger partial charge >= 0.3 is 0 Å². The molecule has 11 nitrogen and oxygen atoms in total. The molecule has 3 rings (SSSR count). The van der Waals surface area contributed by atoms with Crippen LogP contribution in [0.5, 0.6) is 0 Å². The first-order valence-corrected chi connectivity index (χ1v) is 9.72. The molecular weight excluding hydrogens is 400 g/mol. The number of amides is 2. The summed E-state index contributed by atoms with van der Waals surface area (Å²) in [5, 5.41) is 26.3. The monoisotopic (exact) mass is 424 g/mol. The molecule has 1 aliphatic heterocycles. The molecule has 1 atom stereocenters. The van der Waals surface area contributed by atoms with Crippen LogP contribution in [0, 0.1) is 5.92 Å². The van der Waals surface area contributed by atoms with Crippen molar-refractivity contribution in [1.29, 1.82) is 0 Å². The minimum Gasteiger partial charge on any atom is -0.483 e. The first kappa shape index (κ1) is 22.4. The van der Waals surface area contributed by atoms with E-state index in [0.717, 1.165) is 16.4 Å². The minimum atomic E-state index is -0.393. The molecule has 1 fully saturated rings. The lowest BCUT2D eigenvalue weighted by molar-refractivity contribution is -0.126. The first-order valence-electron chi connectivity index (χ1n) is 8.91. The lowest BCUT2D eigenvalue weighted by Crippen LogP contribution is -2.32. The molecular formula is C17H24N6O5S. The van der Waals surface area contributed by atoms with Gasteiger partial charge in [-0.3, -0.25) is 24.4 Å². The van der Waals surface area contributed by atoms with Gasteiger partial charge in [0.15, 0.2) is 0 Å². The number of nitrogens with one attached hydrogen (secondary N) is 2. The van der Waals surface area contributed by atoms with Crippen molar-refractivity contribution in [3.8, 4) is 0 Å². The Morgan fingerprint density at radius 2 is 2.24 bits per heavy atom. The number of H-pyrrole nitrogens is 1. The Balaban J connectivity index is 0.000000941. The molecule has 2 aromatic rings. The number of carbonyl (C=O) groups excluding carboxylic acids is 2. The van der Waals surface area contributed by atoms with Crippen molar-refractivity contribution in [2.75, 3.05) is 18.6 Å². The molecule has 1 saturated heterocycles. The molecule has 12 heteroatoms. The molecule has 0 saturated carbocycles. The molecule has 3 heterocycles. The Kier molecular flexibility index (Phi) is 8.21.